The Bertz CT molecular complexity index is 1190. The summed E-state index contributed by atoms with van der Waals surface area (Å²) >= 11 is 10.5. The van der Waals surface area contributed by atoms with Gasteiger partial charge in [-0.2, -0.15) is 0 Å². The molecule has 0 aliphatic heterocycles. The summed E-state index contributed by atoms with van der Waals surface area (Å²) in [5, 5.41) is 10.4. The lowest BCUT2D eigenvalue weighted by atomic mass is 10.2. The van der Waals surface area contributed by atoms with E-state index in [2.05, 4.69) is 25.9 Å². The first-order chi connectivity index (χ1) is 11.0. The Morgan fingerprint density at radius 2 is 2.17 bits per heavy atom. The number of halogens is 2. The number of nitrogens with zero attached hydrogens (tertiary/aromatic N) is 3. The van der Waals surface area contributed by atoms with Gasteiger partial charge < -0.3 is 5.11 Å². The van der Waals surface area contributed by atoms with Crippen molar-refractivity contribution in [2.75, 3.05) is 0 Å². The fraction of sp³-hybridized carbons (Fsp3) is 0. The predicted octanol–water partition coefficient (Wildman–Crippen LogP) is 2.97. The summed E-state index contributed by atoms with van der Waals surface area (Å²) in [5.41, 5.74) is 1.43. The minimum absolute atomic E-state index is 0.0618. The normalized spacial score (nSPS) is 12.5. The first-order valence-corrected chi connectivity index (χ1v) is 8.48. The Labute approximate surface area is 146 Å². The number of aromatic hydroxyl groups is 1. The number of aromatic nitrogens is 3. The molecule has 1 aromatic carbocycles. The van der Waals surface area contributed by atoms with Gasteiger partial charge in [-0.25, -0.2) is 14.4 Å². The summed E-state index contributed by atoms with van der Waals surface area (Å²) in [5.74, 6) is 0.0618. The maximum Gasteiger partial charge on any atom is 0.276 e. The Morgan fingerprint density at radius 3 is 3.00 bits per heavy atom. The third kappa shape index (κ3) is 2.41. The molecule has 0 aliphatic rings. The van der Waals surface area contributed by atoms with Crippen LogP contribution >= 0.6 is 38.9 Å². The minimum Gasteiger partial charge on any atom is -0.507 e. The molecule has 0 aliphatic carbocycles. The van der Waals surface area contributed by atoms with Crippen LogP contribution in [0.4, 0.5) is 0 Å². The van der Waals surface area contributed by atoms with Crippen LogP contribution in [0.25, 0.3) is 22.2 Å². The van der Waals surface area contributed by atoms with Gasteiger partial charge >= 0.3 is 0 Å². The van der Waals surface area contributed by atoms with Gasteiger partial charge in [0.1, 0.15) is 11.3 Å². The van der Waals surface area contributed by atoms with Crippen LogP contribution in [-0.4, -0.2) is 19.5 Å². The van der Waals surface area contributed by atoms with Crippen LogP contribution in [0.15, 0.2) is 39.7 Å². The van der Waals surface area contributed by atoms with Crippen molar-refractivity contribution in [3.05, 3.63) is 60.4 Å². The first kappa shape index (κ1) is 14.6. The Hall–Kier alpha value is -1.96. The van der Waals surface area contributed by atoms with E-state index in [1.165, 1.54) is 21.8 Å². The Kier molecular flexibility index (Phi) is 3.37. The quantitative estimate of drug-likeness (QED) is 0.526. The molecule has 0 amide bonds. The highest BCUT2D eigenvalue weighted by molar-refractivity contribution is 9.10. The van der Waals surface area contributed by atoms with E-state index in [-0.39, 0.29) is 11.3 Å². The van der Waals surface area contributed by atoms with Gasteiger partial charge in [0.15, 0.2) is 10.6 Å². The van der Waals surface area contributed by atoms with Crippen molar-refractivity contribution in [3.8, 4) is 5.75 Å². The number of fused-ring (bicyclic) bond motifs is 3. The fourth-order valence-corrected chi connectivity index (χ4v) is 3.76. The second-order valence-corrected chi connectivity index (χ2v) is 7.21. The highest BCUT2D eigenvalue weighted by Gasteiger charge is 2.13. The maximum absolute atomic E-state index is 12.6. The van der Waals surface area contributed by atoms with E-state index >= 15 is 0 Å². The highest BCUT2D eigenvalue weighted by Crippen LogP contribution is 2.22. The van der Waals surface area contributed by atoms with E-state index in [1.807, 2.05) is 6.07 Å². The van der Waals surface area contributed by atoms with Crippen LogP contribution in [0.5, 0.6) is 5.75 Å². The van der Waals surface area contributed by atoms with Crippen molar-refractivity contribution in [2.24, 2.45) is 0 Å². The summed E-state index contributed by atoms with van der Waals surface area (Å²) in [6.07, 6.45) is 3.23. The Balaban J connectivity index is 2.02. The number of hydrogen-bond acceptors (Lipinski definition) is 5. The summed E-state index contributed by atoms with van der Waals surface area (Å²) < 4.78 is 2.73. The van der Waals surface area contributed by atoms with E-state index in [1.54, 1.807) is 24.4 Å². The zero-order valence-electron chi connectivity index (χ0n) is 11.3. The van der Waals surface area contributed by atoms with Crippen LogP contribution < -0.4 is 10.1 Å². The average Bonchev–Trinajstić information content (AvgIpc) is 2.99. The average molecular weight is 409 g/mol. The molecule has 114 valence electrons. The monoisotopic (exact) mass is 407 g/mol. The molecule has 8 heteroatoms. The molecule has 0 fully saturated rings. The Morgan fingerprint density at radius 1 is 1.35 bits per heavy atom. The van der Waals surface area contributed by atoms with E-state index < -0.39 is 0 Å². The van der Waals surface area contributed by atoms with Crippen molar-refractivity contribution >= 4 is 61.1 Å². The lowest BCUT2D eigenvalue weighted by molar-refractivity contribution is 0.474. The lowest BCUT2D eigenvalue weighted by Gasteiger charge is -1.97. The number of phenolic OH excluding ortho intramolecular Hbond substituents is 1. The standard InChI is InChI=1S/C15H7BrClN3O2S/c16-8-5-10-13(18-6-8)20-14(22)12(23-15(20)19-10)4-7-3-9(17)1-2-11(7)21/h1-6,21H/b12-4-. The van der Waals surface area contributed by atoms with Crippen molar-refractivity contribution in [1.82, 2.24) is 14.4 Å². The molecule has 1 N–H and O–H groups in total. The summed E-state index contributed by atoms with van der Waals surface area (Å²) in [4.78, 5) is 21.9. The lowest BCUT2D eigenvalue weighted by Crippen LogP contribution is -2.22. The topological polar surface area (TPSA) is 67.5 Å². The highest BCUT2D eigenvalue weighted by atomic mass is 79.9. The van der Waals surface area contributed by atoms with Crippen molar-refractivity contribution in [3.63, 3.8) is 0 Å². The fourth-order valence-electron chi connectivity index (χ4n) is 2.30. The van der Waals surface area contributed by atoms with Gasteiger partial charge in [-0.1, -0.05) is 22.9 Å². The van der Waals surface area contributed by atoms with Crippen molar-refractivity contribution in [1.29, 1.82) is 0 Å². The second-order valence-electron chi connectivity index (χ2n) is 4.84. The van der Waals surface area contributed by atoms with Crippen LogP contribution in [0, 0.1) is 0 Å². The summed E-state index contributed by atoms with van der Waals surface area (Å²) in [7, 11) is 0. The third-order valence-corrected chi connectivity index (χ3v) is 4.96. The van der Waals surface area contributed by atoms with Crippen molar-refractivity contribution < 1.29 is 5.11 Å². The molecule has 4 aromatic rings. The minimum atomic E-state index is -0.221. The van der Waals surface area contributed by atoms with E-state index in [9.17, 15) is 9.90 Å². The SMILES string of the molecule is O=c1/c(=C/c2cc(Cl)ccc2O)sc2nc3cc(Br)cnc3n12. The molecule has 4 rings (SSSR count). The number of pyridine rings is 1. The molecule has 23 heavy (non-hydrogen) atoms. The van der Waals surface area contributed by atoms with Gasteiger partial charge in [-0.15, -0.1) is 0 Å². The maximum atomic E-state index is 12.6. The number of imidazole rings is 1. The molecule has 0 radical (unpaired) electrons. The van der Waals surface area contributed by atoms with Crippen LogP contribution in [-0.2, 0) is 0 Å². The third-order valence-electron chi connectivity index (χ3n) is 3.32. The molecule has 3 heterocycles. The van der Waals surface area contributed by atoms with Crippen LogP contribution in [0.1, 0.15) is 5.56 Å². The van der Waals surface area contributed by atoms with Gasteiger partial charge in [0, 0.05) is 21.3 Å². The number of thiazole rings is 1. The number of benzene rings is 1. The molecule has 0 saturated carbocycles. The van der Waals surface area contributed by atoms with Gasteiger partial charge in [-0.05, 0) is 46.3 Å². The predicted molar refractivity (Wildman–Crippen MR) is 94.2 cm³/mol. The number of phenols is 1. The molecule has 0 spiro atoms. The molecule has 0 bridgehead atoms. The molecule has 0 atom stereocenters. The van der Waals surface area contributed by atoms with E-state index in [0.717, 1.165) is 4.47 Å². The van der Waals surface area contributed by atoms with E-state index in [0.29, 0.717) is 31.2 Å². The van der Waals surface area contributed by atoms with Gasteiger partial charge in [0.25, 0.3) is 5.56 Å². The number of hydrogen-bond donors (Lipinski definition) is 1. The molecule has 0 saturated heterocycles. The van der Waals surface area contributed by atoms with Gasteiger partial charge in [0.05, 0.1) is 4.53 Å². The summed E-state index contributed by atoms with van der Waals surface area (Å²) in [6, 6.07) is 6.49. The molecular formula is C15H7BrClN3O2S. The second kappa shape index (κ2) is 5.30. The van der Waals surface area contributed by atoms with Gasteiger partial charge in [0.2, 0.25) is 0 Å². The molecule has 3 aromatic heterocycles. The van der Waals surface area contributed by atoms with Crippen LogP contribution in [0.2, 0.25) is 5.02 Å². The van der Waals surface area contributed by atoms with Crippen molar-refractivity contribution in [2.45, 2.75) is 0 Å². The zero-order valence-corrected chi connectivity index (χ0v) is 14.5. The molecular weight excluding hydrogens is 402 g/mol. The zero-order chi connectivity index (χ0) is 16.1. The number of rotatable bonds is 1. The van der Waals surface area contributed by atoms with Crippen LogP contribution in [0.3, 0.4) is 0 Å². The van der Waals surface area contributed by atoms with Gasteiger partial charge in [-0.3, -0.25) is 4.79 Å². The van der Waals surface area contributed by atoms with E-state index in [4.69, 9.17) is 11.6 Å². The largest absolute Gasteiger partial charge is 0.507 e. The smallest absolute Gasteiger partial charge is 0.276 e. The summed E-state index contributed by atoms with van der Waals surface area (Å²) in [6.45, 7) is 0. The first-order valence-electron chi connectivity index (χ1n) is 6.50. The molecule has 5 nitrogen and oxygen atoms in total. The molecule has 0 unspecified atom stereocenters.